The molecule has 0 heterocycles. The number of unbranched alkanes of at least 4 members (excludes halogenated alkanes) is 3. The predicted octanol–water partition coefficient (Wildman–Crippen LogP) is 5.12. The molecule has 0 atom stereocenters. The minimum Gasteiger partial charge on any atom is -0.494 e. The zero-order valence-corrected chi connectivity index (χ0v) is 17.6. The fourth-order valence-corrected chi connectivity index (χ4v) is 2.87. The number of nitrogens with one attached hydrogen (secondary N) is 2. The molecule has 0 aliphatic heterocycles. The highest BCUT2D eigenvalue weighted by atomic mass is 35.5. The topological polar surface area (TPSA) is 87.7 Å². The Kier molecular flexibility index (Phi) is 8.89. The molecular weight excluding hydrogens is 412 g/mol. The van der Waals surface area contributed by atoms with Gasteiger partial charge in [-0.05, 0) is 61.1 Å². The van der Waals surface area contributed by atoms with E-state index < -0.39 is 11.9 Å². The standard InChI is InChI=1S/C21H23ClN2O4S/c1-2-3-4-5-12-28-16-9-6-14(7-10-16)19(25)24-21(29)23-18-13-15(20(26)27)8-11-17(18)22/h6-11,13H,2-5,12H2,1H3,(H,26,27)(H2,23,24,25,29). The summed E-state index contributed by atoms with van der Waals surface area (Å²) in [7, 11) is 0. The van der Waals surface area contributed by atoms with Gasteiger partial charge in [-0.3, -0.25) is 10.1 Å². The van der Waals surface area contributed by atoms with Crippen LogP contribution in [0, 0.1) is 0 Å². The first-order valence-electron chi connectivity index (χ1n) is 9.28. The van der Waals surface area contributed by atoms with E-state index in [4.69, 9.17) is 33.7 Å². The fraction of sp³-hybridized carbons (Fsp3) is 0.286. The number of carboxylic acid groups (broad SMARTS) is 1. The third kappa shape index (κ3) is 7.36. The highest BCUT2D eigenvalue weighted by molar-refractivity contribution is 7.80. The fourth-order valence-electron chi connectivity index (χ4n) is 2.50. The van der Waals surface area contributed by atoms with Crippen LogP contribution in [0.4, 0.5) is 5.69 Å². The lowest BCUT2D eigenvalue weighted by molar-refractivity contribution is 0.0696. The number of carbonyl (C=O) groups excluding carboxylic acids is 1. The molecule has 0 aromatic heterocycles. The molecule has 8 heteroatoms. The minimum absolute atomic E-state index is 0.00990. The zero-order chi connectivity index (χ0) is 21.2. The van der Waals surface area contributed by atoms with Crippen LogP contribution in [-0.2, 0) is 0 Å². The van der Waals surface area contributed by atoms with Crippen LogP contribution in [0.2, 0.25) is 5.02 Å². The van der Waals surface area contributed by atoms with Crippen LogP contribution in [0.5, 0.6) is 5.75 Å². The van der Waals surface area contributed by atoms with Crippen LogP contribution < -0.4 is 15.4 Å². The molecule has 2 rings (SSSR count). The molecular formula is C21H23ClN2O4S. The maximum atomic E-state index is 12.3. The number of rotatable bonds is 9. The Morgan fingerprint density at radius 1 is 1.07 bits per heavy atom. The van der Waals surface area contributed by atoms with Gasteiger partial charge in [0.1, 0.15) is 5.75 Å². The van der Waals surface area contributed by atoms with E-state index in [1.807, 2.05) is 0 Å². The van der Waals surface area contributed by atoms with Crippen molar-refractivity contribution in [3.63, 3.8) is 0 Å². The molecule has 0 radical (unpaired) electrons. The number of thiocarbonyl (C=S) groups is 1. The second-order valence-corrected chi connectivity index (χ2v) is 7.16. The van der Waals surface area contributed by atoms with Crippen molar-refractivity contribution >= 4 is 46.5 Å². The number of halogens is 1. The number of carboxylic acids is 1. The van der Waals surface area contributed by atoms with Gasteiger partial charge in [-0.25, -0.2) is 4.79 Å². The molecule has 2 aromatic carbocycles. The van der Waals surface area contributed by atoms with Crippen LogP contribution >= 0.6 is 23.8 Å². The summed E-state index contributed by atoms with van der Waals surface area (Å²) in [6.07, 6.45) is 4.52. The maximum absolute atomic E-state index is 12.3. The Morgan fingerprint density at radius 2 is 1.76 bits per heavy atom. The Hall–Kier alpha value is -2.64. The first-order valence-corrected chi connectivity index (χ1v) is 10.1. The van der Waals surface area contributed by atoms with Crippen LogP contribution in [-0.4, -0.2) is 28.7 Å². The van der Waals surface area contributed by atoms with E-state index in [0.717, 1.165) is 12.8 Å². The number of aromatic carboxylic acids is 1. The number of benzene rings is 2. The third-order valence-electron chi connectivity index (χ3n) is 4.07. The monoisotopic (exact) mass is 434 g/mol. The zero-order valence-electron chi connectivity index (χ0n) is 16.0. The molecule has 6 nitrogen and oxygen atoms in total. The van der Waals surface area contributed by atoms with Gasteiger partial charge in [0.25, 0.3) is 5.91 Å². The van der Waals surface area contributed by atoms with E-state index in [2.05, 4.69) is 17.6 Å². The maximum Gasteiger partial charge on any atom is 0.335 e. The van der Waals surface area contributed by atoms with E-state index in [1.165, 1.54) is 31.0 Å². The normalized spacial score (nSPS) is 10.3. The summed E-state index contributed by atoms with van der Waals surface area (Å²) in [6, 6.07) is 10.9. The average Bonchev–Trinajstić information content (AvgIpc) is 2.69. The molecule has 2 aromatic rings. The van der Waals surface area contributed by atoms with Crippen LogP contribution in [0.1, 0.15) is 53.3 Å². The SMILES string of the molecule is CCCCCCOc1ccc(C(=O)NC(=S)Nc2cc(C(=O)O)ccc2Cl)cc1. The summed E-state index contributed by atoms with van der Waals surface area (Å²) in [4.78, 5) is 23.4. The molecule has 1 amide bonds. The van der Waals surface area contributed by atoms with Crippen molar-refractivity contribution in [2.24, 2.45) is 0 Å². The largest absolute Gasteiger partial charge is 0.494 e. The van der Waals surface area contributed by atoms with Crippen LogP contribution in [0.15, 0.2) is 42.5 Å². The van der Waals surface area contributed by atoms with E-state index in [1.54, 1.807) is 24.3 Å². The van der Waals surface area contributed by atoms with E-state index in [-0.39, 0.29) is 15.7 Å². The molecule has 3 N–H and O–H groups in total. The minimum atomic E-state index is -1.09. The van der Waals surface area contributed by atoms with Crippen molar-refractivity contribution < 1.29 is 19.4 Å². The molecule has 0 saturated carbocycles. The van der Waals surface area contributed by atoms with Crippen molar-refractivity contribution in [1.29, 1.82) is 0 Å². The molecule has 0 aliphatic carbocycles. The lowest BCUT2D eigenvalue weighted by Gasteiger charge is -2.12. The molecule has 0 aliphatic rings. The molecule has 0 saturated heterocycles. The Balaban J connectivity index is 1.89. The van der Waals surface area contributed by atoms with Gasteiger partial charge in [-0.15, -0.1) is 0 Å². The average molecular weight is 435 g/mol. The van der Waals surface area contributed by atoms with E-state index in [9.17, 15) is 9.59 Å². The third-order valence-corrected chi connectivity index (χ3v) is 4.61. The van der Waals surface area contributed by atoms with Crippen molar-refractivity contribution in [2.45, 2.75) is 32.6 Å². The summed E-state index contributed by atoms with van der Waals surface area (Å²) >= 11 is 11.2. The summed E-state index contributed by atoms with van der Waals surface area (Å²) in [5.74, 6) is -0.786. The van der Waals surface area contributed by atoms with Gasteiger partial charge >= 0.3 is 5.97 Å². The van der Waals surface area contributed by atoms with Gasteiger partial charge in [-0.2, -0.15) is 0 Å². The summed E-state index contributed by atoms with van der Waals surface area (Å²) in [5.41, 5.74) is 0.762. The number of anilines is 1. The Morgan fingerprint density at radius 3 is 2.41 bits per heavy atom. The first-order chi connectivity index (χ1) is 13.9. The van der Waals surface area contributed by atoms with Gasteiger partial charge in [0.05, 0.1) is 22.9 Å². The van der Waals surface area contributed by atoms with Crippen molar-refractivity contribution in [3.8, 4) is 5.75 Å². The number of amides is 1. The molecule has 0 unspecified atom stereocenters. The van der Waals surface area contributed by atoms with E-state index in [0.29, 0.717) is 23.6 Å². The molecule has 0 spiro atoms. The smallest absolute Gasteiger partial charge is 0.335 e. The molecule has 29 heavy (non-hydrogen) atoms. The highest BCUT2D eigenvalue weighted by Crippen LogP contribution is 2.23. The predicted molar refractivity (Wildman–Crippen MR) is 118 cm³/mol. The van der Waals surface area contributed by atoms with Gasteiger partial charge in [0.2, 0.25) is 0 Å². The Bertz CT molecular complexity index is 871. The number of carbonyl (C=O) groups is 2. The number of hydrogen-bond acceptors (Lipinski definition) is 4. The lowest BCUT2D eigenvalue weighted by Crippen LogP contribution is -2.34. The van der Waals surface area contributed by atoms with Crippen molar-refractivity contribution in [2.75, 3.05) is 11.9 Å². The first kappa shape index (κ1) is 22.6. The van der Waals surface area contributed by atoms with Crippen LogP contribution in [0.25, 0.3) is 0 Å². The second-order valence-electron chi connectivity index (χ2n) is 6.34. The molecule has 0 bridgehead atoms. The molecule has 0 fully saturated rings. The lowest BCUT2D eigenvalue weighted by atomic mass is 10.2. The number of hydrogen-bond donors (Lipinski definition) is 3. The summed E-state index contributed by atoms with van der Waals surface area (Å²) in [6.45, 7) is 2.81. The van der Waals surface area contributed by atoms with Gasteiger partial charge < -0.3 is 15.2 Å². The number of ether oxygens (including phenoxy) is 1. The summed E-state index contributed by atoms with van der Waals surface area (Å²) < 4.78 is 5.66. The van der Waals surface area contributed by atoms with Crippen molar-refractivity contribution in [3.05, 3.63) is 58.6 Å². The van der Waals surface area contributed by atoms with Gasteiger partial charge in [0.15, 0.2) is 5.11 Å². The summed E-state index contributed by atoms with van der Waals surface area (Å²) in [5, 5.41) is 14.6. The van der Waals surface area contributed by atoms with Gasteiger partial charge in [0, 0.05) is 5.56 Å². The Labute approximate surface area is 180 Å². The quantitative estimate of drug-likeness (QED) is 0.375. The molecule has 154 valence electrons. The van der Waals surface area contributed by atoms with Crippen LogP contribution in [0.3, 0.4) is 0 Å². The second kappa shape index (κ2) is 11.4. The van der Waals surface area contributed by atoms with E-state index >= 15 is 0 Å². The van der Waals surface area contributed by atoms with Gasteiger partial charge in [-0.1, -0.05) is 37.8 Å². The highest BCUT2D eigenvalue weighted by Gasteiger charge is 2.11. The van der Waals surface area contributed by atoms with Crippen molar-refractivity contribution in [1.82, 2.24) is 5.32 Å².